The standard InChI is InChI=1S/C14H10F4N2O4/c15-8-5-10(13(21)11(6-8)20(22)23)12(19)7-1-3-9(4-2-7)24-14(16,17)18/h1-6,12,21H,19H2/t12-/m1/s1. The van der Waals surface area contributed by atoms with E-state index in [1.54, 1.807) is 0 Å². The molecule has 6 nitrogen and oxygen atoms in total. The van der Waals surface area contributed by atoms with E-state index >= 15 is 0 Å². The second-order valence-electron chi connectivity index (χ2n) is 4.71. The second-order valence-corrected chi connectivity index (χ2v) is 4.71. The number of hydrogen-bond donors (Lipinski definition) is 2. The van der Waals surface area contributed by atoms with Crippen LogP contribution in [0.4, 0.5) is 23.2 Å². The third-order valence-electron chi connectivity index (χ3n) is 3.09. The molecule has 24 heavy (non-hydrogen) atoms. The summed E-state index contributed by atoms with van der Waals surface area (Å²) in [5, 5.41) is 20.6. The number of phenols is 1. The van der Waals surface area contributed by atoms with Crippen molar-refractivity contribution in [3.8, 4) is 11.5 Å². The van der Waals surface area contributed by atoms with Crippen molar-refractivity contribution in [1.82, 2.24) is 0 Å². The van der Waals surface area contributed by atoms with Gasteiger partial charge in [0.15, 0.2) is 5.75 Å². The fraction of sp³-hybridized carbons (Fsp3) is 0.143. The normalized spacial score (nSPS) is 12.7. The van der Waals surface area contributed by atoms with Crippen molar-refractivity contribution in [3.05, 3.63) is 63.5 Å². The number of rotatable bonds is 4. The molecule has 0 aliphatic rings. The first-order valence-corrected chi connectivity index (χ1v) is 6.36. The minimum atomic E-state index is -4.86. The number of ether oxygens (including phenoxy) is 1. The molecule has 0 heterocycles. The monoisotopic (exact) mass is 346 g/mol. The zero-order valence-electron chi connectivity index (χ0n) is 11.7. The SMILES string of the molecule is N[C@H](c1ccc(OC(F)(F)F)cc1)c1cc(F)cc([N+](=O)[O-])c1O. The third kappa shape index (κ3) is 3.90. The Morgan fingerprint density at radius 2 is 1.79 bits per heavy atom. The lowest BCUT2D eigenvalue weighted by Crippen LogP contribution is -2.17. The Labute approximate surface area is 132 Å². The summed E-state index contributed by atoms with van der Waals surface area (Å²) in [5.74, 6) is -2.29. The van der Waals surface area contributed by atoms with Crippen molar-refractivity contribution in [3.63, 3.8) is 0 Å². The van der Waals surface area contributed by atoms with Crippen molar-refractivity contribution >= 4 is 5.69 Å². The molecule has 0 bridgehead atoms. The number of nitro groups is 1. The maximum atomic E-state index is 13.5. The van der Waals surface area contributed by atoms with Gasteiger partial charge in [0.05, 0.1) is 17.0 Å². The lowest BCUT2D eigenvalue weighted by Gasteiger charge is -2.15. The minimum absolute atomic E-state index is 0.194. The number of phenolic OH excluding ortho intramolecular Hbond substituents is 1. The van der Waals surface area contributed by atoms with E-state index in [0.29, 0.717) is 6.07 Å². The number of nitrogens with two attached hydrogens (primary N) is 1. The second kappa shape index (κ2) is 6.32. The summed E-state index contributed by atoms with van der Waals surface area (Å²) < 4.78 is 53.5. The first kappa shape index (κ1) is 17.5. The molecule has 0 fully saturated rings. The Balaban J connectivity index is 2.35. The van der Waals surface area contributed by atoms with E-state index in [2.05, 4.69) is 4.74 Å². The summed E-state index contributed by atoms with van der Waals surface area (Å²) in [4.78, 5) is 9.80. The maximum Gasteiger partial charge on any atom is 0.573 e. The molecule has 2 aromatic rings. The number of benzene rings is 2. The topological polar surface area (TPSA) is 98.6 Å². The number of aromatic hydroxyl groups is 1. The Kier molecular flexibility index (Phi) is 4.60. The Hall–Kier alpha value is -2.88. The smallest absolute Gasteiger partial charge is 0.502 e. The lowest BCUT2D eigenvalue weighted by molar-refractivity contribution is -0.386. The van der Waals surface area contributed by atoms with Crippen LogP contribution < -0.4 is 10.5 Å². The highest BCUT2D eigenvalue weighted by atomic mass is 19.4. The fourth-order valence-corrected chi connectivity index (χ4v) is 2.04. The van der Waals surface area contributed by atoms with Crippen LogP contribution in [0.25, 0.3) is 0 Å². The summed E-state index contributed by atoms with van der Waals surface area (Å²) in [6.07, 6.45) is -4.86. The largest absolute Gasteiger partial charge is 0.573 e. The van der Waals surface area contributed by atoms with Gasteiger partial charge in [-0.25, -0.2) is 4.39 Å². The van der Waals surface area contributed by atoms with Crippen LogP contribution >= 0.6 is 0 Å². The quantitative estimate of drug-likeness (QED) is 0.502. The molecule has 0 spiro atoms. The molecule has 0 aliphatic carbocycles. The molecule has 10 heteroatoms. The van der Waals surface area contributed by atoms with E-state index in [1.165, 1.54) is 12.1 Å². The predicted octanol–water partition coefficient (Wildman–Crippen LogP) is 3.39. The van der Waals surface area contributed by atoms with Gasteiger partial charge in [0, 0.05) is 5.56 Å². The van der Waals surface area contributed by atoms with Crippen LogP contribution in [0.15, 0.2) is 36.4 Å². The summed E-state index contributed by atoms with van der Waals surface area (Å²) in [7, 11) is 0. The minimum Gasteiger partial charge on any atom is -0.502 e. The van der Waals surface area contributed by atoms with Gasteiger partial charge >= 0.3 is 12.0 Å². The first-order valence-electron chi connectivity index (χ1n) is 6.36. The van der Waals surface area contributed by atoms with E-state index in [1.807, 2.05) is 0 Å². The predicted molar refractivity (Wildman–Crippen MR) is 73.9 cm³/mol. The molecule has 128 valence electrons. The molecular formula is C14H10F4N2O4. The number of hydrogen-bond acceptors (Lipinski definition) is 5. The van der Waals surface area contributed by atoms with Gasteiger partial charge in [-0.3, -0.25) is 10.1 Å². The summed E-state index contributed by atoms with van der Waals surface area (Å²) in [5.41, 5.74) is 4.88. The molecule has 0 unspecified atom stereocenters. The van der Waals surface area contributed by atoms with Crippen LogP contribution in [0.1, 0.15) is 17.2 Å². The van der Waals surface area contributed by atoms with Gasteiger partial charge in [0.2, 0.25) is 0 Å². The van der Waals surface area contributed by atoms with Gasteiger partial charge in [-0.15, -0.1) is 13.2 Å². The highest BCUT2D eigenvalue weighted by Crippen LogP contribution is 2.36. The average Bonchev–Trinajstić information content (AvgIpc) is 2.47. The number of alkyl halides is 3. The van der Waals surface area contributed by atoms with Crippen molar-refractivity contribution < 1.29 is 32.3 Å². The molecule has 0 aromatic heterocycles. The van der Waals surface area contributed by atoms with Gasteiger partial charge in [-0.1, -0.05) is 12.1 Å². The van der Waals surface area contributed by atoms with E-state index < -0.39 is 40.3 Å². The van der Waals surface area contributed by atoms with Gasteiger partial charge in [-0.2, -0.15) is 0 Å². The van der Waals surface area contributed by atoms with Crippen LogP contribution in [0.2, 0.25) is 0 Å². The average molecular weight is 346 g/mol. The van der Waals surface area contributed by atoms with Crippen molar-refractivity contribution in [2.45, 2.75) is 12.4 Å². The fourth-order valence-electron chi connectivity index (χ4n) is 2.04. The van der Waals surface area contributed by atoms with Gasteiger partial charge in [0.25, 0.3) is 0 Å². The molecule has 3 N–H and O–H groups in total. The lowest BCUT2D eigenvalue weighted by atomic mass is 9.98. The summed E-state index contributed by atoms with van der Waals surface area (Å²) in [6, 6.07) is 4.45. The van der Waals surface area contributed by atoms with Crippen LogP contribution in [0.3, 0.4) is 0 Å². The van der Waals surface area contributed by atoms with Crippen LogP contribution in [0.5, 0.6) is 11.5 Å². The molecular weight excluding hydrogens is 336 g/mol. The Bertz CT molecular complexity index is 763. The zero-order chi connectivity index (χ0) is 18.1. The molecule has 0 amide bonds. The number of halogens is 4. The first-order chi connectivity index (χ1) is 11.1. The van der Waals surface area contributed by atoms with Gasteiger partial charge in [-0.05, 0) is 23.8 Å². The number of nitro benzene ring substituents is 1. The third-order valence-corrected chi connectivity index (χ3v) is 3.09. The van der Waals surface area contributed by atoms with E-state index in [9.17, 15) is 32.8 Å². The van der Waals surface area contributed by atoms with Gasteiger partial charge in [0.1, 0.15) is 11.6 Å². The van der Waals surface area contributed by atoms with Crippen molar-refractivity contribution in [1.29, 1.82) is 0 Å². The van der Waals surface area contributed by atoms with Crippen LogP contribution in [0, 0.1) is 15.9 Å². The van der Waals surface area contributed by atoms with Crippen LogP contribution in [-0.2, 0) is 0 Å². The zero-order valence-corrected chi connectivity index (χ0v) is 11.7. The molecule has 1 atom stereocenters. The molecule has 2 rings (SSSR count). The van der Waals surface area contributed by atoms with Crippen molar-refractivity contribution in [2.24, 2.45) is 5.73 Å². The molecule has 0 saturated carbocycles. The molecule has 0 radical (unpaired) electrons. The molecule has 0 saturated heterocycles. The Morgan fingerprint density at radius 1 is 1.21 bits per heavy atom. The van der Waals surface area contributed by atoms with Crippen LogP contribution in [-0.4, -0.2) is 16.4 Å². The van der Waals surface area contributed by atoms with E-state index in [0.717, 1.165) is 18.2 Å². The van der Waals surface area contributed by atoms with E-state index in [4.69, 9.17) is 5.73 Å². The van der Waals surface area contributed by atoms with Crippen molar-refractivity contribution in [2.75, 3.05) is 0 Å². The molecule has 2 aromatic carbocycles. The highest BCUT2D eigenvalue weighted by Gasteiger charge is 2.31. The van der Waals surface area contributed by atoms with E-state index in [-0.39, 0.29) is 11.1 Å². The highest BCUT2D eigenvalue weighted by molar-refractivity contribution is 5.54. The maximum absolute atomic E-state index is 13.5. The summed E-state index contributed by atoms with van der Waals surface area (Å²) >= 11 is 0. The molecule has 0 aliphatic heterocycles. The Morgan fingerprint density at radius 3 is 2.29 bits per heavy atom. The summed E-state index contributed by atoms with van der Waals surface area (Å²) in [6.45, 7) is 0. The van der Waals surface area contributed by atoms with Gasteiger partial charge < -0.3 is 15.6 Å². The number of nitrogens with zero attached hydrogens (tertiary/aromatic N) is 1.